The number of benzene rings is 2. The monoisotopic (exact) mass is 323 g/mol. The number of hydrogen-bond acceptors (Lipinski definition) is 2. The van der Waals surface area contributed by atoms with Crippen molar-refractivity contribution in [2.24, 2.45) is 0 Å². The Morgan fingerprint density at radius 1 is 1.00 bits per heavy atom. The topological polar surface area (TPSA) is 29.1 Å². The zero-order valence-electron chi connectivity index (χ0n) is 11.4. The molecule has 0 bridgehead atoms. The molecule has 0 saturated carbocycles. The van der Waals surface area contributed by atoms with E-state index in [1.54, 1.807) is 12.1 Å². The van der Waals surface area contributed by atoms with Crippen LogP contribution in [0.4, 0.5) is 18.9 Å². The first-order valence-electron chi connectivity index (χ1n) is 6.41. The molecule has 2 nitrogen and oxygen atoms in total. The number of hydrogen-bond donors (Lipinski definition) is 1. The number of carbonyl (C=O) groups is 1. The van der Waals surface area contributed by atoms with Crippen molar-refractivity contribution >= 4 is 28.7 Å². The van der Waals surface area contributed by atoms with Crippen molar-refractivity contribution in [2.75, 3.05) is 5.32 Å². The van der Waals surface area contributed by atoms with E-state index in [2.05, 4.69) is 5.32 Å². The fraction of sp³-hybridized carbons (Fsp3) is 0.125. The molecule has 2 aromatic carbocycles. The van der Waals surface area contributed by atoms with Crippen molar-refractivity contribution in [3.05, 3.63) is 65.7 Å². The van der Waals surface area contributed by atoms with Crippen molar-refractivity contribution in [3.8, 4) is 0 Å². The van der Waals surface area contributed by atoms with Gasteiger partial charge in [0.1, 0.15) is 0 Å². The SMILES string of the molecule is O=C(CC(=S)Nc1ccccc1)c1ccc(C(F)(F)F)cc1. The van der Waals surface area contributed by atoms with Crippen molar-refractivity contribution in [3.63, 3.8) is 0 Å². The number of ketones is 1. The van der Waals surface area contributed by atoms with Gasteiger partial charge < -0.3 is 5.32 Å². The molecule has 0 radical (unpaired) electrons. The predicted molar refractivity (Wildman–Crippen MR) is 83.1 cm³/mol. The number of halogens is 3. The molecule has 0 aliphatic carbocycles. The first-order chi connectivity index (χ1) is 10.4. The molecule has 0 aromatic heterocycles. The average molecular weight is 323 g/mol. The zero-order chi connectivity index (χ0) is 16.2. The Labute approximate surface area is 131 Å². The van der Waals surface area contributed by atoms with E-state index in [9.17, 15) is 18.0 Å². The van der Waals surface area contributed by atoms with E-state index in [0.717, 1.165) is 30.0 Å². The quantitative estimate of drug-likeness (QED) is 0.652. The predicted octanol–water partition coefficient (Wildman–Crippen LogP) is 4.72. The molecule has 2 aromatic rings. The summed E-state index contributed by atoms with van der Waals surface area (Å²) in [5.41, 5.74) is 0.173. The minimum Gasteiger partial charge on any atom is -0.350 e. The third-order valence-electron chi connectivity index (χ3n) is 2.91. The Morgan fingerprint density at radius 2 is 1.59 bits per heavy atom. The molecule has 1 N–H and O–H groups in total. The molecule has 0 spiro atoms. The molecule has 0 atom stereocenters. The van der Waals surface area contributed by atoms with Crippen LogP contribution in [0.25, 0.3) is 0 Å². The lowest BCUT2D eigenvalue weighted by Gasteiger charge is -2.09. The zero-order valence-corrected chi connectivity index (χ0v) is 12.2. The Bertz CT molecular complexity index is 666. The Balaban J connectivity index is 1.98. The molecule has 0 amide bonds. The number of para-hydroxylation sites is 1. The second-order valence-corrected chi connectivity index (χ2v) is 5.08. The average Bonchev–Trinajstić information content (AvgIpc) is 2.47. The maximum atomic E-state index is 12.5. The highest BCUT2D eigenvalue weighted by molar-refractivity contribution is 7.80. The summed E-state index contributed by atoms with van der Waals surface area (Å²) in [5.74, 6) is -0.331. The van der Waals surface area contributed by atoms with E-state index in [-0.39, 0.29) is 17.8 Å². The van der Waals surface area contributed by atoms with Gasteiger partial charge in [-0.25, -0.2) is 0 Å². The van der Waals surface area contributed by atoms with Gasteiger partial charge in [0.15, 0.2) is 5.78 Å². The van der Waals surface area contributed by atoms with E-state index >= 15 is 0 Å². The van der Waals surface area contributed by atoms with Gasteiger partial charge in [0.25, 0.3) is 0 Å². The van der Waals surface area contributed by atoms with Crippen LogP contribution in [-0.4, -0.2) is 10.8 Å². The first-order valence-corrected chi connectivity index (χ1v) is 6.82. The molecule has 0 fully saturated rings. The Hall–Kier alpha value is -2.21. The lowest BCUT2D eigenvalue weighted by atomic mass is 10.1. The van der Waals surface area contributed by atoms with Crippen LogP contribution in [0, 0.1) is 0 Å². The van der Waals surface area contributed by atoms with Gasteiger partial charge >= 0.3 is 6.18 Å². The molecule has 0 saturated heterocycles. The summed E-state index contributed by atoms with van der Waals surface area (Å²) < 4.78 is 37.4. The van der Waals surface area contributed by atoms with Crippen LogP contribution in [-0.2, 0) is 6.18 Å². The minimum atomic E-state index is -4.41. The van der Waals surface area contributed by atoms with Gasteiger partial charge in [-0.2, -0.15) is 13.2 Å². The van der Waals surface area contributed by atoms with E-state index in [4.69, 9.17) is 12.2 Å². The summed E-state index contributed by atoms with van der Waals surface area (Å²) in [4.78, 5) is 12.3. The van der Waals surface area contributed by atoms with E-state index in [1.165, 1.54) is 0 Å². The molecule has 6 heteroatoms. The van der Waals surface area contributed by atoms with E-state index in [1.807, 2.05) is 18.2 Å². The largest absolute Gasteiger partial charge is 0.416 e. The minimum absolute atomic E-state index is 0.0599. The van der Waals surface area contributed by atoms with Crippen LogP contribution in [0.3, 0.4) is 0 Å². The van der Waals surface area contributed by atoms with Crippen molar-refractivity contribution in [2.45, 2.75) is 12.6 Å². The van der Waals surface area contributed by atoms with Gasteiger partial charge in [0.2, 0.25) is 0 Å². The van der Waals surface area contributed by atoms with Crippen molar-refractivity contribution in [1.29, 1.82) is 0 Å². The maximum Gasteiger partial charge on any atom is 0.416 e. The van der Waals surface area contributed by atoms with Gasteiger partial charge in [-0.1, -0.05) is 42.5 Å². The summed E-state index contributed by atoms with van der Waals surface area (Å²) in [6.07, 6.45) is -4.47. The Kier molecular flexibility index (Phi) is 4.92. The van der Waals surface area contributed by atoms with Crippen LogP contribution >= 0.6 is 12.2 Å². The fourth-order valence-corrected chi connectivity index (χ4v) is 2.07. The molecular weight excluding hydrogens is 311 g/mol. The Morgan fingerprint density at radius 3 is 2.14 bits per heavy atom. The number of anilines is 1. The van der Waals surface area contributed by atoms with Crippen LogP contribution in [0.1, 0.15) is 22.3 Å². The molecule has 22 heavy (non-hydrogen) atoms. The molecular formula is C16H12F3NOS. The standard InChI is InChI=1S/C16H12F3NOS/c17-16(18,19)12-8-6-11(7-9-12)14(21)10-15(22)20-13-4-2-1-3-5-13/h1-9H,10H2,(H,20,22). The van der Waals surface area contributed by atoms with E-state index in [0.29, 0.717) is 4.99 Å². The first kappa shape index (κ1) is 16.2. The number of carbonyl (C=O) groups excluding carboxylic acids is 1. The van der Waals surface area contributed by atoms with Crippen LogP contribution in [0.15, 0.2) is 54.6 Å². The highest BCUT2D eigenvalue weighted by Gasteiger charge is 2.30. The number of thiocarbonyl (C=S) groups is 1. The summed E-state index contributed by atoms with van der Waals surface area (Å²) in [7, 11) is 0. The van der Waals surface area contributed by atoms with Crippen molar-refractivity contribution < 1.29 is 18.0 Å². The van der Waals surface area contributed by atoms with Gasteiger partial charge in [-0.3, -0.25) is 4.79 Å². The molecule has 0 aliphatic heterocycles. The highest BCUT2D eigenvalue weighted by atomic mass is 32.1. The third kappa shape index (κ3) is 4.39. The van der Waals surface area contributed by atoms with Crippen LogP contribution in [0.5, 0.6) is 0 Å². The van der Waals surface area contributed by atoms with Crippen LogP contribution in [0.2, 0.25) is 0 Å². The normalized spacial score (nSPS) is 11.0. The molecule has 0 unspecified atom stereocenters. The number of nitrogens with one attached hydrogen (secondary N) is 1. The summed E-state index contributed by atoms with van der Waals surface area (Å²) in [5, 5.41) is 2.91. The fourth-order valence-electron chi connectivity index (χ4n) is 1.82. The van der Waals surface area contributed by atoms with Crippen molar-refractivity contribution in [1.82, 2.24) is 0 Å². The molecule has 0 heterocycles. The van der Waals surface area contributed by atoms with Gasteiger partial charge in [0.05, 0.1) is 17.0 Å². The molecule has 0 aliphatic rings. The highest BCUT2D eigenvalue weighted by Crippen LogP contribution is 2.29. The molecule has 114 valence electrons. The van der Waals surface area contributed by atoms with Gasteiger partial charge in [-0.15, -0.1) is 0 Å². The summed E-state index contributed by atoms with van der Waals surface area (Å²) >= 11 is 5.09. The number of Topliss-reactive ketones (excluding diaryl/α,β-unsaturated/α-hetero) is 1. The second kappa shape index (κ2) is 6.70. The third-order valence-corrected chi connectivity index (χ3v) is 3.16. The summed E-state index contributed by atoms with van der Waals surface area (Å²) in [6, 6.07) is 13.2. The smallest absolute Gasteiger partial charge is 0.350 e. The van der Waals surface area contributed by atoms with Gasteiger partial charge in [0, 0.05) is 11.3 Å². The van der Waals surface area contributed by atoms with E-state index < -0.39 is 11.7 Å². The number of rotatable bonds is 4. The molecule has 2 rings (SSSR count). The number of alkyl halides is 3. The lowest BCUT2D eigenvalue weighted by molar-refractivity contribution is -0.137. The summed E-state index contributed by atoms with van der Waals surface area (Å²) in [6.45, 7) is 0. The van der Waals surface area contributed by atoms with Gasteiger partial charge in [-0.05, 0) is 24.3 Å². The lowest BCUT2D eigenvalue weighted by Crippen LogP contribution is -2.15. The second-order valence-electron chi connectivity index (χ2n) is 4.59. The van der Waals surface area contributed by atoms with Crippen LogP contribution < -0.4 is 5.32 Å². The maximum absolute atomic E-state index is 12.5.